The zero-order chi connectivity index (χ0) is 21.0. The van der Waals surface area contributed by atoms with E-state index in [1.54, 1.807) is 25.1 Å². The van der Waals surface area contributed by atoms with E-state index in [1.807, 2.05) is 6.07 Å². The molecule has 154 valence electrons. The summed E-state index contributed by atoms with van der Waals surface area (Å²) in [5.41, 5.74) is 1.23. The number of carboxylic acid groups (broad SMARTS) is 1. The fourth-order valence-electron chi connectivity index (χ4n) is 3.74. The monoisotopic (exact) mass is 396 g/mol. The Kier molecular flexibility index (Phi) is 6.26. The van der Waals surface area contributed by atoms with Crippen molar-refractivity contribution in [3.05, 3.63) is 64.6 Å². The molecule has 1 aromatic heterocycles. The quantitative estimate of drug-likeness (QED) is 0.548. The first-order valence-electron chi connectivity index (χ1n) is 10.0. The molecule has 0 bridgehead atoms. The lowest BCUT2D eigenvalue weighted by atomic mass is 9.76. The molecular weight excluding hydrogens is 368 g/mol. The van der Waals surface area contributed by atoms with Gasteiger partial charge in [-0.1, -0.05) is 23.8 Å². The summed E-state index contributed by atoms with van der Waals surface area (Å²) in [5, 5.41) is 10.9. The topological polar surface area (TPSA) is 76.7 Å². The molecule has 3 rings (SSSR count). The molecule has 0 saturated heterocycles. The van der Waals surface area contributed by atoms with Crippen LogP contribution in [0.3, 0.4) is 0 Å². The van der Waals surface area contributed by atoms with Gasteiger partial charge in [0.25, 0.3) is 0 Å². The standard InChI is InChI=1S/C24H28O5/c1-16-5-4-6-17(2)13-14-24(3,23(26)27)21(11-7-16)28-19-10-8-18-9-12-22(25)29-20(18)15-19/h5,8-10,12,15,21H,2,4,6-7,11,13-14H2,1,3H3,(H,26,27)/b16-5-. The minimum absolute atomic E-state index is 0.424. The van der Waals surface area contributed by atoms with Crippen molar-refractivity contribution in [1.82, 2.24) is 0 Å². The number of hydrogen-bond acceptors (Lipinski definition) is 4. The van der Waals surface area contributed by atoms with Crippen LogP contribution in [0.1, 0.15) is 52.4 Å². The van der Waals surface area contributed by atoms with Gasteiger partial charge in [0, 0.05) is 17.5 Å². The highest BCUT2D eigenvalue weighted by molar-refractivity contribution is 5.78. The lowest BCUT2D eigenvalue weighted by Gasteiger charge is -2.34. The minimum Gasteiger partial charge on any atom is -0.489 e. The van der Waals surface area contributed by atoms with Gasteiger partial charge in [-0.3, -0.25) is 4.79 Å². The van der Waals surface area contributed by atoms with Gasteiger partial charge in [-0.15, -0.1) is 0 Å². The first-order valence-corrected chi connectivity index (χ1v) is 10.0. The number of fused-ring (bicyclic) bond motifs is 1. The van der Waals surface area contributed by atoms with Crippen molar-refractivity contribution in [2.75, 3.05) is 0 Å². The van der Waals surface area contributed by atoms with Crippen molar-refractivity contribution in [2.45, 2.75) is 58.5 Å². The maximum atomic E-state index is 12.3. The summed E-state index contributed by atoms with van der Waals surface area (Å²) in [5.74, 6) is -0.372. The van der Waals surface area contributed by atoms with Crippen LogP contribution < -0.4 is 10.4 Å². The minimum atomic E-state index is -1.06. The van der Waals surface area contributed by atoms with E-state index < -0.39 is 23.1 Å². The Morgan fingerprint density at radius 3 is 2.76 bits per heavy atom. The molecular formula is C24H28O5. The molecule has 1 aliphatic carbocycles. The van der Waals surface area contributed by atoms with Gasteiger partial charge in [-0.2, -0.15) is 0 Å². The smallest absolute Gasteiger partial charge is 0.336 e. The third kappa shape index (κ3) is 4.97. The summed E-state index contributed by atoms with van der Waals surface area (Å²) in [6, 6.07) is 8.32. The third-order valence-corrected chi connectivity index (χ3v) is 5.86. The van der Waals surface area contributed by atoms with E-state index >= 15 is 0 Å². The Morgan fingerprint density at radius 1 is 1.24 bits per heavy atom. The fourth-order valence-corrected chi connectivity index (χ4v) is 3.74. The Morgan fingerprint density at radius 2 is 2.00 bits per heavy atom. The third-order valence-electron chi connectivity index (χ3n) is 5.86. The van der Waals surface area contributed by atoms with Crippen LogP contribution in [0.4, 0.5) is 0 Å². The molecule has 0 spiro atoms. The number of rotatable bonds is 3. The first-order chi connectivity index (χ1) is 13.8. The number of ether oxygens (including phenoxy) is 1. The molecule has 0 fully saturated rings. The summed E-state index contributed by atoms with van der Waals surface area (Å²) in [6.45, 7) is 7.94. The second-order valence-corrected chi connectivity index (χ2v) is 8.16. The maximum absolute atomic E-state index is 12.3. The lowest BCUT2D eigenvalue weighted by Crippen LogP contribution is -2.43. The molecule has 1 N–H and O–H groups in total. The Bertz CT molecular complexity index is 1000. The molecule has 1 aliphatic rings. The van der Waals surface area contributed by atoms with Crippen molar-refractivity contribution in [2.24, 2.45) is 5.41 Å². The average molecular weight is 396 g/mol. The fraction of sp³-hybridized carbons (Fsp3) is 0.417. The number of carbonyl (C=O) groups is 1. The van der Waals surface area contributed by atoms with Crippen LogP contribution in [0.2, 0.25) is 0 Å². The van der Waals surface area contributed by atoms with Gasteiger partial charge in [0.05, 0.1) is 0 Å². The Balaban J connectivity index is 1.95. The van der Waals surface area contributed by atoms with Crippen LogP contribution in [-0.4, -0.2) is 17.2 Å². The molecule has 0 saturated carbocycles. The summed E-state index contributed by atoms with van der Waals surface area (Å²) >= 11 is 0. The molecule has 2 atom stereocenters. The van der Waals surface area contributed by atoms with Crippen molar-refractivity contribution >= 4 is 16.9 Å². The SMILES string of the molecule is C=C1CC/C=C(/C)CCC(Oc2ccc3ccc(=O)oc3c2)C(C)(C(=O)O)CC1. The van der Waals surface area contributed by atoms with Crippen molar-refractivity contribution in [3.63, 3.8) is 0 Å². The second-order valence-electron chi connectivity index (χ2n) is 8.16. The van der Waals surface area contributed by atoms with Gasteiger partial charge in [0.15, 0.2) is 0 Å². The van der Waals surface area contributed by atoms with Crippen LogP contribution in [0.5, 0.6) is 5.75 Å². The van der Waals surface area contributed by atoms with Gasteiger partial charge in [0.2, 0.25) is 0 Å². The molecule has 2 unspecified atom stereocenters. The van der Waals surface area contributed by atoms with E-state index in [0.717, 1.165) is 30.2 Å². The predicted octanol–water partition coefficient (Wildman–Crippen LogP) is 5.49. The largest absolute Gasteiger partial charge is 0.489 e. The van der Waals surface area contributed by atoms with E-state index in [2.05, 4.69) is 19.6 Å². The highest BCUT2D eigenvalue weighted by Crippen LogP contribution is 2.37. The zero-order valence-electron chi connectivity index (χ0n) is 17.1. The van der Waals surface area contributed by atoms with Crippen LogP contribution in [-0.2, 0) is 4.79 Å². The van der Waals surface area contributed by atoms with E-state index in [-0.39, 0.29) is 0 Å². The molecule has 0 amide bonds. The molecule has 0 aliphatic heterocycles. The highest BCUT2D eigenvalue weighted by Gasteiger charge is 2.43. The van der Waals surface area contributed by atoms with E-state index in [0.29, 0.717) is 30.6 Å². The van der Waals surface area contributed by atoms with Crippen molar-refractivity contribution < 1.29 is 19.1 Å². The molecule has 29 heavy (non-hydrogen) atoms. The van der Waals surface area contributed by atoms with Crippen molar-refractivity contribution in [1.29, 1.82) is 0 Å². The molecule has 2 aromatic rings. The lowest BCUT2D eigenvalue weighted by molar-refractivity contribution is -0.154. The molecule has 0 radical (unpaired) electrons. The van der Waals surface area contributed by atoms with Crippen LogP contribution in [0, 0.1) is 5.41 Å². The van der Waals surface area contributed by atoms with Gasteiger partial charge < -0.3 is 14.3 Å². The van der Waals surface area contributed by atoms with Gasteiger partial charge in [-0.05, 0) is 70.6 Å². The van der Waals surface area contributed by atoms with E-state index in [1.165, 1.54) is 11.6 Å². The number of aliphatic carboxylic acids is 1. The number of benzene rings is 1. The summed E-state index contributed by atoms with van der Waals surface area (Å²) in [4.78, 5) is 23.8. The predicted molar refractivity (Wildman–Crippen MR) is 113 cm³/mol. The zero-order valence-corrected chi connectivity index (χ0v) is 17.1. The van der Waals surface area contributed by atoms with Gasteiger partial charge >= 0.3 is 11.6 Å². The number of carboxylic acids is 1. The Hall–Kier alpha value is -2.82. The highest BCUT2D eigenvalue weighted by atomic mass is 16.5. The van der Waals surface area contributed by atoms with Crippen LogP contribution >= 0.6 is 0 Å². The average Bonchev–Trinajstić information content (AvgIpc) is 2.70. The summed E-state index contributed by atoms with van der Waals surface area (Å²) < 4.78 is 11.5. The molecule has 5 nitrogen and oxygen atoms in total. The number of allylic oxidation sites excluding steroid dienone is 3. The molecule has 5 heteroatoms. The van der Waals surface area contributed by atoms with Crippen LogP contribution in [0.15, 0.2) is 63.3 Å². The van der Waals surface area contributed by atoms with Crippen molar-refractivity contribution in [3.8, 4) is 5.75 Å². The van der Waals surface area contributed by atoms with E-state index in [9.17, 15) is 14.7 Å². The van der Waals surface area contributed by atoms with Crippen LogP contribution in [0.25, 0.3) is 11.0 Å². The summed E-state index contributed by atoms with van der Waals surface area (Å²) in [7, 11) is 0. The molecule has 1 aromatic carbocycles. The number of hydrogen-bond donors (Lipinski definition) is 1. The molecule has 1 heterocycles. The normalized spacial score (nSPS) is 25.7. The first kappa shape index (κ1) is 20.9. The second kappa shape index (κ2) is 8.68. The Labute approximate surface area is 170 Å². The summed E-state index contributed by atoms with van der Waals surface area (Å²) in [6.07, 6.45) is 5.97. The van der Waals surface area contributed by atoms with E-state index in [4.69, 9.17) is 9.15 Å². The maximum Gasteiger partial charge on any atom is 0.336 e. The van der Waals surface area contributed by atoms with Gasteiger partial charge in [0.1, 0.15) is 22.9 Å². The van der Waals surface area contributed by atoms with Gasteiger partial charge in [-0.25, -0.2) is 4.79 Å².